The third-order valence-corrected chi connectivity index (χ3v) is 3.32. The molecule has 3 nitrogen and oxygen atoms in total. The van der Waals surface area contributed by atoms with Gasteiger partial charge in [-0.2, -0.15) is 0 Å². The number of carbonyl (C=O) groups is 1. The van der Waals surface area contributed by atoms with Crippen molar-refractivity contribution < 1.29 is 9.53 Å². The fourth-order valence-electron chi connectivity index (χ4n) is 2.21. The minimum atomic E-state index is -0.111. The highest BCUT2D eigenvalue weighted by atomic mass is 16.5. The Kier molecular flexibility index (Phi) is 2.95. The number of fused-ring (bicyclic) bond motifs is 1. The fourth-order valence-corrected chi connectivity index (χ4v) is 2.21. The van der Waals surface area contributed by atoms with Crippen LogP contribution in [0.2, 0.25) is 0 Å². The minimum Gasteiger partial charge on any atom is -0.490 e. The summed E-state index contributed by atoms with van der Waals surface area (Å²) in [6.07, 6.45) is 0. The molecule has 19 heavy (non-hydrogen) atoms. The smallest absolute Gasteiger partial charge is 0.255 e. The van der Waals surface area contributed by atoms with E-state index in [4.69, 9.17) is 4.74 Å². The fraction of sp³-hybridized carbons (Fsp3) is 0.188. The van der Waals surface area contributed by atoms with Crippen molar-refractivity contribution in [2.45, 2.75) is 13.0 Å². The van der Waals surface area contributed by atoms with Gasteiger partial charge in [-0.3, -0.25) is 4.79 Å². The van der Waals surface area contributed by atoms with E-state index in [1.165, 1.54) is 5.56 Å². The molecule has 0 aliphatic carbocycles. The zero-order valence-electron chi connectivity index (χ0n) is 10.7. The first kappa shape index (κ1) is 11.8. The van der Waals surface area contributed by atoms with Gasteiger partial charge in [-0.15, -0.1) is 0 Å². The molecule has 1 aliphatic rings. The molecule has 1 amide bonds. The summed E-state index contributed by atoms with van der Waals surface area (Å²) in [5.74, 6) is 0.563. The molecule has 0 spiro atoms. The van der Waals surface area contributed by atoms with Gasteiger partial charge in [0, 0.05) is 0 Å². The standard InChI is InChI=1S/C16H15NO2/c1-11-6-8-12(9-7-11)14-10-19-15-5-3-2-4-13(15)16(18)17-14/h2-9,14H,10H2,1H3,(H,17,18). The van der Waals surface area contributed by atoms with Gasteiger partial charge in [0.2, 0.25) is 0 Å². The Bertz CT molecular complexity index is 604. The van der Waals surface area contributed by atoms with Gasteiger partial charge in [0.25, 0.3) is 5.91 Å². The van der Waals surface area contributed by atoms with Gasteiger partial charge in [-0.05, 0) is 24.6 Å². The zero-order chi connectivity index (χ0) is 13.2. The van der Waals surface area contributed by atoms with E-state index in [0.29, 0.717) is 17.9 Å². The molecular weight excluding hydrogens is 238 g/mol. The quantitative estimate of drug-likeness (QED) is 0.848. The molecule has 3 heteroatoms. The van der Waals surface area contributed by atoms with Crippen molar-refractivity contribution in [2.75, 3.05) is 6.61 Å². The first-order valence-electron chi connectivity index (χ1n) is 6.33. The van der Waals surface area contributed by atoms with Crippen molar-refractivity contribution in [2.24, 2.45) is 0 Å². The van der Waals surface area contributed by atoms with Crippen LogP contribution in [0.15, 0.2) is 48.5 Å². The first-order chi connectivity index (χ1) is 9.24. The maximum absolute atomic E-state index is 12.2. The van der Waals surface area contributed by atoms with E-state index in [1.54, 1.807) is 6.07 Å². The topological polar surface area (TPSA) is 38.3 Å². The lowest BCUT2D eigenvalue weighted by Gasteiger charge is -2.15. The van der Waals surface area contributed by atoms with E-state index < -0.39 is 0 Å². The Morgan fingerprint density at radius 1 is 1.11 bits per heavy atom. The van der Waals surface area contributed by atoms with E-state index in [0.717, 1.165) is 5.56 Å². The van der Waals surface area contributed by atoms with Crippen LogP contribution in [0.4, 0.5) is 0 Å². The van der Waals surface area contributed by atoms with Gasteiger partial charge in [-0.1, -0.05) is 42.0 Å². The summed E-state index contributed by atoms with van der Waals surface area (Å²) in [6, 6.07) is 15.3. The lowest BCUT2D eigenvalue weighted by molar-refractivity contribution is 0.0938. The molecule has 1 aliphatic heterocycles. The molecule has 0 aromatic heterocycles. The van der Waals surface area contributed by atoms with Crippen LogP contribution in [-0.4, -0.2) is 12.5 Å². The average Bonchev–Trinajstić information content (AvgIpc) is 2.60. The molecule has 2 aromatic carbocycles. The van der Waals surface area contributed by atoms with Crippen molar-refractivity contribution in [3.8, 4) is 5.75 Å². The number of hydrogen-bond donors (Lipinski definition) is 1. The number of ether oxygens (including phenoxy) is 1. The molecule has 3 rings (SSSR count). The number of carbonyl (C=O) groups excluding carboxylic acids is 1. The first-order valence-corrected chi connectivity index (χ1v) is 6.33. The Hall–Kier alpha value is -2.29. The lowest BCUT2D eigenvalue weighted by Crippen LogP contribution is -2.29. The highest BCUT2D eigenvalue weighted by Gasteiger charge is 2.23. The second-order valence-electron chi connectivity index (χ2n) is 4.74. The number of amides is 1. The lowest BCUT2D eigenvalue weighted by atomic mass is 10.1. The third kappa shape index (κ3) is 2.32. The van der Waals surface area contributed by atoms with Gasteiger partial charge in [0.1, 0.15) is 12.4 Å². The number of aryl methyl sites for hydroxylation is 1. The van der Waals surface area contributed by atoms with Gasteiger partial charge in [0.05, 0.1) is 11.6 Å². The Labute approximate surface area is 112 Å². The van der Waals surface area contributed by atoms with Crippen LogP contribution < -0.4 is 10.1 Å². The van der Waals surface area contributed by atoms with E-state index in [1.807, 2.05) is 49.4 Å². The monoisotopic (exact) mass is 253 g/mol. The minimum absolute atomic E-state index is 0.0846. The van der Waals surface area contributed by atoms with Crippen molar-refractivity contribution in [3.05, 3.63) is 65.2 Å². The van der Waals surface area contributed by atoms with E-state index in [2.05, 4.69) is 5.32 Å². The molecule has 0 fully saturated rings. The Morgan fingerprint density at radius 2 is 1.84 bits per heavy atom. The maximum Gasteiger partial charge on any atom is 0.255 e. The summed E-state index contributed by atoms with van der Waals surface area (Å²) in [5, 5.41) is 3.01. The second-order valence-corrected chi connectivity index (χ2v) is 4.74. The number of rotatable bonds is 1. The van der Waals surface area contributed by atoms with Gasteiger partial charge < -0.3 is 10.1 Å². The molecule has 2 aromatic rings. The predicted octanol–water partition coefficient (Wildman–Crippen LogP) is 2.86. The molecule has 1 atom stereocenters. The number of para-hydroxylation sites is 1. The van der Waals surface area contributed by atoms with Crippen LogP contribution in [0.1, 0.15) is 27.5 Å². The van der Waals surface area contributed by atoms with Gasteiger partial charge in [0.15, 0.2) is 0 Å². The molecule has 1 unspecified atom stereocenters. The van der Waals surface area contributed by atoms with E-state index in [-0.39, 0.29) is 11.9 Å². The van der Waals surface area contributed by atoms with Crippen LogP contribution in [0.3, 0.4) is 0 Å². The molecular formula is C16H15NO2. The molecule has 1 N–H and O–H groups in total. The highest BCUT2D eigenvalue weighted by Crippen LogP contribution is 2.25. The van der Waals surface area contributed by atoms with Crippen LogP contribution in [0.5, 0.6) is 5.75 Å². The molecule has 1 heterocycles. The number of nitrogens with one attached hydrogen (secondary N) is 1. The van der Waals surface area contributed by atoms with Crippen molar-refractivity contribution in [3.63, 3.8) is 0 Å². The summed E-state index contributed by atoms with van der Waals surface area (Å²) in [6.45, 7) is 2.49. The third-order valence-electron chi connectivity index (χ3n) is 3.32. The summed E-state index contributed by atoms with van der Waals surface area (Å²) in [7, 11) is 0. The van der Waals surface area contributed by atoms with E-state index in [9.17, 15) is 4.79 Å². The van der Waals surface area contributed by atoms with Crippen molar-refractivity contribution in [1.82, 2.24) is 5.32 Å². The van der Waals surface area contributed by atoms with Crippen LogP contribution >= 0.6 is 0 Å². The highest BCUT2D eigenvalue weighted by molar-refractivity contribution is 5.97. The maximum atomic E-state index is 12.2. The molecule has 0 radical (unpaired) electrons. The molecule has 96 valence electrons. The molecule has 0 bridgehead atoms. The van der Waals surface area contributed by atoms with Crippen LogP contribution in [0, 0.1) is 6.92 Å². The second kappa shape index (κ2) is 4.76. The van der Waals surface area contributed by atoms with Crippen molar-refractivity contribution in [1.29, 1.82) is 0 Å². The van der Waals surface area contributed by atoms with Crippen LogP contribution in [0.25, 0.3) is 0 Å². The average molecular weight is 253 g/mol. The molecule has 0 saturated carbocycles. The largest absolute Gasteiger partial charge is 0.490 e. The number of benzene rings is 2. The normalized spacial score (nSPS) is 17.9. The van der Waals surface area contributed by atoms with Crippen molar-refractivity contribution >= 4 is 5.91 Å². The zero-order valence-corrected chi connectivity index (χ0v) is 10.7. The summed E-state index contributed by atoms with van der Waals surface area (Å²) < 4.78 is 5.73. The summed E-state index contributed by atoms with van der Waals surface area (Å²) >= 11 is 0. The predicted molar refractivity (Wildman–Crippen MR) is 73.3 cm³/mol. The molecule has 0 saturated heterocycles. The Morgan fingerprint density at radius 3 is 2.63 bits per heavy atom. The van der Waals surface area contributed by atoms with E-state index >= 15 is 0 Å². The van der Waals surface area contributed by atoms with Gasteiger partial charge >= 0.3 is 0 Å². The van der Waals surface area contributed by atoms with Crippen LogP contribution in [-0.2, 0) is 0 Å². The summed E-state index contributed by atoms with van der Waals surface area (Å²) in [4.78, 5) is 12.2. The van der Waals surface area contributed by atoms with Gasteiger partial charge in [-0.25, -0.2) is 0 Å². The number of hydrogen-bond acceptors (Lipinski definition) is 2. The Balaban J connectivity index is 1.89. The SMILES string of the molecule is Cc1ccc(C2COc3ccccc3C(=O)N2)cc1. The summed E-state index contributed by atoms with van der Waals surface area (Å²) in [5.41, 5.74) is 2.86.